The van der Waals surface area contributed by atoms with Gasteiger partial charge in [0.25, 0.3) is 10.0 Å². The number of morpholine rings is 1. The van der Waals surface area contributed by atoms with Crippen LogP contribution in [0.25, 0.3) is 0 Å². The van der Waals surface area contributed by atoms with Crippen molar-refractivity contribution in [3.8, 4) is 11.5 Å². The standard InChI is InChI=1S/C23H31N3O6S/c1-18-4-6-19(7-5-18)26(17-23(27)24-10-11-25-12-14-32-15-13-25)33(28,29)20-8-9-21(30-2)22(16-20)31-3/h4-9,16H,10-15,17H2,1-3H3,(H,24,27). The van der Waals surface area contributed by atoms with Crippen LogP contribution in [-0.2, 0) is 19.6 Å². The Morgan fingerprint density at radius 2 is 1.73 bits per heavy atom. The molecular formula is C23H31N3O6S. The third-order valence-electron chi connectivity index (χ3n) is 5.41. The number of hydrogen-bond donors (Lipinski definition) is 1. The summed E-state index contributed by atoms with van der Waals surface area (Å²) in [5.41, 5.74) is 1.39. The zero-order valence-corrected chi connectivity index (χ0v) is 20.1. The van der Waals surface area contributed by atoms with Crippen LogP contribution in [0.1, 0.15) is 5.56 Å². The average Bonchev–Trinajstić information content (AvgIpc) is 2.83. The molecule has 3 rings (SSSR count). The molecule has 1 aliphatic heterocycles. The van der Waals surface area contributed by atoms with Gasteiger partial charge in [0.15, 0.2) is 11.5 Å². The maximum Gasteiger partial charge on any atom is 0.264 e. The maximum absolute atomic E-state index is 13.6. The SMILES string of the molecule is COc1ccc(S(=O)(=O)N(CC(=O)NCCN2CCOCC2)c2ccc(C)cc2)cc1OC. The number of aryl methyl sites for hydroxylation is 1. The number of carbonyl (C=O) groups is 1. The van der Waals surface area contributed by atoms with E-state index in [0.717, 1.165) is 23.0 Å². The van der Waals surface area contributed by atoms with Crippen molar-refractivity contribution < 1.29 is 27.4 Å². The largest absolute Gasteiger partial charge is 0.493 e. The van der Waals surface area contributed by atoms with E-state index in [2.05, 4.69) is 10.2 Å². The fourth-order valence-corrected chi connectivity index (χ4v) is 4.93. The minimum atomic E-state index is -4.06. The Balaban J connectivity index is 1.80. The van der Waals surface area contributed by atoms with E-state index in [0.29, 0.717) is 37.7 Å². The van der Waals surface area contributed by atoms with Crippen LogP contribution in [0.4, 0.5) is 5.69 Å². The van der Waals surface area contributed by atoms with Crippen molar-refractivity contribution in [1.29, 1.82) is 0 Å². The van der Waals surface area contributed by atoms with Gasteiger partial charge in [0.05, 0.1) is 38.0 Å². The lowest BCUT2D eigenvalue weighted by molar-refractivity contribution is -0.119. The predicted molar refractivity (Wildman–Crippen MR) is 126 cm³/mol. The van der Waals surface area contributed by atoms with Gasteiger partial charge in [0, 0.05) is 32.2 Å². The van der Waals surface area contributed by atoms with E-state index in [1.807, 2.05) is 19.1 Å². The van der Waals surface area contributed by atoms with Crippen LogP contribution in [0.5, 0.6) is 11.5 Å². The van der Waals surface area contributed by atoms with Crippen LogP contribution in [0, 0.1) is 6.92 Å². The molecule has 0 bridgehead atoms. The number of hydrogen-bond acceptors (Lipinski definition) is 7. The summed E-state index contributed by atoms with van der Waals surface area (Å²) >= 11 is 0. The van der Waals surface area contributed by atoms with Crippen LogP contribution in [-0.4, -0.2) is 79.4 Å². The zero-order valence-electron chi connectivity index (χ0n) is 19.2. The Kier molecular flexibility index (Phi) is 8.54. The highest BCUT2D eigenvalue weighted by Crippen LogP contribution is 2.32. The summed E-state index contributed by atoms with van der Waals surface area (Å²) < 4.78 is 44.1. The summed E-state index contributed by atoms with van der Waals surface area (Å²) in [5.74, 6) is 0.324. The number of methoxy groups -OCH3 is 2. The summed E-state index contributed by atoms with van der Waals surface area (Å²) in [7, 11) is -1.14. The number of anilines is 1. The quantitative estimate of drug-likeness (QED) is 0.556. The van der Waals surface area contributed by atoms with Crippen LogP contribution in [0.3, 0.4) is 0 Å². The van der Waals surface area contributed by atoms with E-state index in [1.165, 1.54) is 32.4 Å². The summed E-state index contributed by atoms with van der Waals surface area (Å²) in [6, 6.07) is 11.4. The number of carbonyl (C=O) groups excluding carboxylic acids is 1. The second-order valence-electron chi connectivity index (χ2n) is 7.67. The summed E-state index contributed by atoms with van der Waals surface area (Å²) in [6.45, 7) is 5.67. The number of nitrogens with zero attached hydrogens (tertiary/aromatic N) is 2. The maximum atomic E-state index is 13.6. The molecule has 0 saturated carbocycles. The second-order valence-corrected chi connectivity index (χ2v) is 9.53. The highest BCUT2D eigenvalue weighted by atomic mass is 32.2. The lowest BCUT2D eigenvalue weighted by Crippen LogP contribution is -2.44. The normalized spacial score (nSPS) is 14.5. The first kappa shape index (κ1) is 24.8. The molecule has 0 radical (unpaired) electrons. The van der Waals surface area contributed by atoms with Gasteiger partial charge in [-0.1, -0.05) is 17.7 Å². The molecule has 0 atom stereocenters. The molecule has 1 amide bonds. The minimum Gasteiger partial charge on any atom is -0.493 e. The molecule has 0 unspecified atom stereocenters. The Morgan fingerprint density at radius 3 is 2.36 bits per heavy atom. The van der Waals surface area contributed by atoms with Crippen molar-refractivity contribution >= 4 is 21.6 Å². The zero-order chi connectivity index (χ0) is 23.8. The topological polar surface area (TPSA) is 97.4 Å². The Morgan fingerprint density at radius 1 is 1.06 bits per heavy atom. The number of benzene rings is 2. The van der Waals surface area contributed by atoms with Crippen molar-refractivity contribution in [3.63, 3.8) is 0 Å². The molecule has 2 aromatic rings. The highest BCUT2D eigenvalue weighted by Gasteiger charge is 2.28. The summed E-state index contributed by atoms with van der Waals surface area (Å²) in [4.78, 5) is 14.9. The molecule has 0 aromatic heterocycles. The van der Waals surface area contributed by atoms with E-state index >= 15 is 0 Å². The third-order valence-corrected chi connectivity index (χ3v) is 7.18. The van der Waals surface area contributed by atoms with Gasteiger partial charge in [0.2, 0.25) is 5.91 Å². The molecule has 0 spiro atoms. The molecular weight excluding hydrogens is 446 g/mol. The lowest BCUT2D eigenvalue weighted by atomic mass is 10.2. The number of amides is 1. The highest BCUT2D eigenvalue weighted by molar-refractivity contribution is 7.92. The molecule has 2 aromatic carbocycles. The van der Waals surface area contributed by atoms with Crippen molar-refractivity contribution in [2.45, 2.75) is 11.8 Å². The monoisotopic (exact) mass is 477 g/mol. The molecule has 33 heavy (non-hydrogen) atoms. The van der Waals surface area contributed by atoms with Gasteiger partial charge in [-0.05, 0) is 31.2 Å². The molecule has 0 aliphatic carbocycles. The van der Waals surface area contributed by atoms with E-state index in [1.54, 1.807) is 12.1 Å². The number of rotatable bonds is 10. The van der Waals surface area contributed by atoms with E-state index in [4.69, 9.17) is 14.2 Å². The fourth-order valence-electron chi connectivity index (χ4n) is 3.49. The van der Waals surface area contributed by atoms with E-state index < -0.39 is 10.0 Å². The van der Waals surface area contributed by atoms with Gasteiger partial charge in [-0.15, -0.1) is 0 Å². The van der Waals surface area contributed by atoms with Crippen LogP contribution in [0.2, 0.25) is 0 Å². The molecule has 1 aliphatic rings. The summed E-state index contributed by atoms with van der Waals surface area (Å²) in [6.07, 6.45) is 0. The number of nitrogens with one attached hydrogen (secondary N) is 1. The second kappa shape index (κ2) is 11.4. The Hall–Kier alpha value is -2.82. The first-order valence-electron chi connectivity index (χ1n) is 10.7. The van der Waals surface area contributed by atoms with Gasteiger partial charge in [-0.25, -0.2) is 8.42 Å². The Labute approximate surface area is 195 Å². The minimum absolute atomic E-state index is 0.00171. The number of sulfonamides is 1. The smallest absolute Gasteiger partial charge is 0.264 e. The van der Waals surface area contributed by atoms with Crippen LogP contribution in [0.15, 0.2) is 47.4 Å². The molecule has 10 heteroatoms. The van der Waals surface area contributed by atoms with Gasteiger partial charge in [-0.3, -0.25) is 14.0 Å². The van der Waals surface area contributed by atoms with Crippen molar-refractivity contribution in [1.82, 2.24) is 10.2 Å². The van der Waals surface area contributed by atoms with Gasteiger partial charge < -0.3 is 19.5 Å². The van der Waals surface area contributed by atoms with E-state index in [-0.39, 0.29) is 23.1 Å². The van der Waals surface area contributed by atoms with Crippen molar-refractivity contribution in [2.75, 3.05) is 64.5 Å². The van der Waals surface area contributed by atoms with Crippen LogP contribution >= 0.6 is 0 Å². The average molecular weight is 478 g/mol. The molecule has 1 fully saturated rings. The van der Waals surface area contributed by atoms with Gasteiger partial charge >= 0.3 is 0 Å². The first-order valence-corrected chi connectivity index (χ1v) is 12.2. The molecule has 1 N–H and O–H groups in total. The predicted octanol–water partition coefficient (Wildman–Crippen LogP) is 1.66. The fraction of sp³-hybridized carbons (Fsp3) is 0.435. The molecule has 180 valence electrons. The molecule has 1 heterocycles. The molecule has 1 saturated heterocycles. The van der Waals surface area contributed by atoms with Crippen LogP contribution < -0.4 is 19.1 Å². The van der Waals surface area contributed by atoms with Crippen molar-refractivity contribution in [2.24, 2.45) is 0 Å². The summed E-state index contributed by atoms with van der Waals surface area (Å²) in [5, 5.41) is 2.83. The molecule has 9 nitrogen and oxygen atoms in total. The Bertz CT molecular complexity index is 1040. The van der Waals surface area contributed by atoms with Gasteiger partial charge in [0.1, 0.15) is 6.54 Å². The van der Waals surface area contributed by atoms with Gasteiger partial charge in [-0.2, -0.15) is 0 Å². The van der Waals surface area contributed by atoms with E-state index in [9.17, 15) is 13.2 Å². The third kappa shape index (κ3) is 6.37. The lowest BCUT2D eigenvalue weighted by Gasteiger charge is -2.27. The first-order chi connectivity index (χ1) is 15.8. The van der Waals surface area contributed by atoms with Crippen molar-refractivity contribution in [3.05, 3.63) is 48.0 Å². The number of ether oxygens (including phenoxy) is 3.